The van der Waals surface area contributed by atoms with Gasteiger partial charge in [-0.3, -0.25) is 9.59 Å². The average molecular weight is 371 g/mol. The Hall–Kier alpha value is -2.06. The van der Waals surface area contributed by atoms with Gasteiger partial charge in [0, 0.05) is 12.6 Å². The first-order valence-electron chi connectivity index (χ1n) is 8.50. The van der Waals surface area contributed by atoms with E-state index in [-0.39, 0.29) is 18.9 Å². The van der Waals surface area contributed by atoms with Gasteiger partial charge in [0.25, 0.3) is 5.92 Å². The number of aliphatic hydroxyl groups excluding tert-OH is 1. The molecule has 0 aliphatic rings. The molecule has 5 N–H and O–H groups in total. The second-order valence-electron chi connectivity index (χ2n) is 6.72. The number of carbonyl (C=O) groups excluding carboxylic acids is 2. The first-order chi connectivity index (χ1) is 12.1. The van der Waals surface area contributed by atoms with E-state index in [2.05, 4.69) is 5.32 Å². The van der Waals surface area contributed by atoms with Crippen molar-refractivity contribution in [1.82, 2.24) is 10.6 Å². The standard InChI is InChI=1S/C18H27F2N3O3/c1-12(2)8-14(21)17(26)18(19,20)11-23-16(25)9-15(24)22-10-13-6-4-3-5-7-13/h3-7,12,14,17,26H,8-11,21H2,1-2H3,(H,22,24)(H,23,25). The van der Waals surface area contributed by atoms with Crippen molar-refractivity contribution in [3.63, 3.8) is 0 Å². The molecule has 2 atom stereocenters. The summed E-state index contributed by atoms with van der Waals surface area (Å²) in [7, 11) is 0. The van der Waals surface area contributed by atoms with Gasteiger partial charge in [-0.25, -0.2) is 8.78 Å². The van der Waals surface area contributed by atoms with Crippen molar-refractivity contribution in [2.24, 2.45) is 11.7 Å². The number of nitrogens with one attached hydrogen (secondary N) is 2. The third kappa shape index (κ3) is 7.88. The molecule has 0 aliphatic carbocycles. The van der Waals surface area contributed by atoms with Crippen LogP contribution in [0.1, 0.15) is 32.3 Å². The van der Waals surface area contributed by atoms with Crippen LogP contribution in [0.15, 0.2) is 30.3 Å². The molecule has 0 bridgehead atoms. The Morgan fingerprint density at radius 2 is 1.73 bits per heavy atom. The fourth-order valence-electron chi connectivity index (χ4n) is 2.37. The lowest BCUT2D eigenvalue weighted by Gasteiger charge is -2.28. The molecule has 6 nitrogen and oxygen atoms in total. The fraction of sp³-hybridized carbons (Fsp3) is 0.556. The van der Waals surface area contributed by atoms with Crippen molar-refractivity contribution in [3.8, 4) is 0 Å². The second-order valence-corrected chi connectivity index (χ2v) is 6.72. The van der Waals surface area contributed by atoms with Crippen LogP contribution in [0.2, 0.25) is 0 Å². The van der Waals surface area contributed by atoms with Crippen LogP contribution in [-0.2, 0) is 16.1 Å². The highest BCUT2D eigenvalue weighted by Crippen LogP contribution is 2.22. The summed E-state index contributed by atoms with van der Waals surface area (Å²) in [6.45, 7) is 2.78. The maximum Gasteiger partial charge on any atom is 0.291 e. The van der Waals surface area contributed by atoms with Crippen LogP contribution in [0.5, 0.6) is 0 Å². The number of aliphatic hydroxyl groups is 1. The fourth-order valence-corrected chi connectivity index (χ4v) is 2.37. The minimum absolute atomic E-state index is 0.0540. The molecule has 2 amide bonds. The monoisotopic (exact) mass is 371 g/mol. The highest BCUT2D eigenvalue weighted by Gasteiger charge is 2.42. The number of benzene rings is 1. The van der Waals surface area contributed by atoms with E-state index in [9.17, 15) is 23.5 Å². The van der Waals surface area contributed by atoms with E-state index in [4.69, 9.17) is 5.73 Å². The van der Waals surface area contributed by atoms with E-state index < -0.39 is 42.8 Å². The number of hydrogen-bond donors (Lipinski definition) is 4. The number of alkyl halides is 2. The summed E-state index contributed by atoms with van der Waals surface area (Å²) in [5.41, 5.74) is 6.44. The molecule has 2 unspecified atom stereocenters. The summed E-state index contributed by atoms with van der Waals surface area (Å²) in [5.74, 6) is -4.95. The Balaban J connectivity index is 2.38. The molecule has 0 spiro atoms. The molecule has 0 heterocycles. The molecule has 146 valence electrons. The van der Waals surface area contributed by atoms with E-state index in [0.717, 1.165) is 5.56 Å². The smallest absolute Gasteiger partial charge is 0.291 e. The summed E-state index contributed by atoms with van der Waals surface area (Å²) >= 11 is 0. The molecule has 0 aliphatic heterocycles. The normalized spacial score (nSPS) is 14.0. The third-order valence-corrected chi connectivity index (χ3v) is 3.76. The Labute approximate surface area is 152 Å². The average Bonchev–Trinajstić information content (AvgIpc) is 2.58. The van der Waals surface area contributed by atoms with Crippen molar-refractivity contribution < 1.29 is 23.5 Å². The summed E-state index contributed by atoms with van der Waals surface area (Å²) < 4.78 is 27.9. The van der Waals surface area contributed by atoms with E-state index >= 15 is 0 Å². The molecule has 1 aromatic carbocycles. The quantitative estimate of drug-likeness (QED) is 0.464. The molecule has 8 heteroatoms. The van der Waals surface area contributed by atoms with Gasteiger partial charge >= 0.3 is 0 Å². The number of amides is 2. The number of nitrogens with two attached hydrogens (primary N) is 1. The molecule has 1 rings (SSSR count). The van der Waals surface area contributed by atoms with Gasteiger partial charge < -0.3 is 21.5 Å². The zero-order valence-corrected chi connectivity index (χ0v) is 15.0. The predicted molar refractivity (Wildman–Crippen MR) is 94.3 cm³/mol. The van der Waals surface area contributed by atoms with Crippen molar-refractivity contribution in [2.75, 3.05) is 6.54 Å². The summed E-state index contributed by atoms with van der Waals surface area (Å²) in [4.78, 5) is 23.3. The molecule has 1 aromatic rings. The Kier molecular flexibility index (Phi) is 8.60. The van der Waals surface area contributed by atoms with E-state index in [0.29, 0.717) is 0 Å². The molecular weight excluding hydrogens is 344 g/mol. The molecule has 0 fully saturated rings. The lowest BCUT2D eigenvalue weighted by atomic mass is 9.96. The number of carbonyl (C=O) groups is 2. The highest BCUT2D eigenvalue weighted by molar-refractivity contribution is 5.96. The summed E-state index contributed by atoms with van der Waals surface area (Å²) in [5, 5.41) is 14.2. The number of halogens is 2. The van der Waals surface area contributed by atoms with Crippen LogP contribution in [-0.4, -0.2) is 41.5 Å². The van der Waals surface area contributed by atoms with Gasteiger partial charge in [0.1, 0.15) is 12.5 Å². The lowest BCUT2D eigenvalue weighted by Crippen LogP contribution is -2.53. The highest BCUT2D eigenvalue weighted by atomic mass is 19.3. The largest absolute Gasteiger partial charge is 0.385 e. The van der Waals surface area contributed by atoms with E-state index in [1.165, 1.54) is 0 Å². The van der Waals surface area contributed by atoms with Crippen molar-refractivity contribution in [3.05, 3.63) is 35.9 Å². The van der Waals surface area contributed by atoms with Crippen LogP contribution in [0.25, 0.3) is 0 Å². The summed E-state index contributed by atoms with van der Waals surface area (Å²) in [6.07, 6.45) is -2.42. The molecule has 26 heavy (non-hydrogen) atoms. The van der Waals surface area contributed by atoms with Gasteiger partial charge in [-0.2, -0.15) is 0 Å². The molecule has 0 aromatic heterocycles. The van der Waals surface area contributed by atoms with E-state index in [1.807, 2.05) is 35.6 Å². The molecule has 0 saturated carbocycles. The van der Waals surface area contributed by atoms with Gasteiger partial charge in [-0.1, -0.05) is 44.2 Å². The maximum atomic E-state index is 13.9. The lowest BCUT2D eigenvalue weighted by molar-refractivity contribution is -0.136. The number of hydrogen-bond acceptors (Lipinski definition) is 4. The van der Waals surface area contributed by atoms with E-state index in [1.54, 1.807) is 13.8 Å². The van der Waals surface area contributed by atoms with Crippen LogP contribution >= 0.6 is 0 Å². The molecular formula is C18H27F2N3O3. The Morgan fingerprint density at radius 1 is 1.15 bits per heavy atom. The van der Waals surface area contributed by atoms with Gasteiger partial charge in [0.05, 0.1) is 6.54 Å². The third-order valence-electron chi connectivity index (χ3n) is 3.76. The topological polar surface area (TPSA) is 104 Å². The van der Waals surface area contributed by atoms with Gasteiger partial charge in [0.2, 0.25) is 11.8 Å². The Morgan fingerprint density at radius 3 is 2.31 bits per heavy atom. The second kappa shape index (κ2) is 10.2. The number of rotatable bonds is 10. The minimum atomic E-state index is -3.58. The van der Waals surface area contributed by atoms with Gasteiger partial charge in [-0.05, 0) is 17.9 Å². The van der Waals surface area contributed by atoms with Crippen molar-refractivity contribution in [2.45, 2.75) is 51.3 Å². The zero-order chi connectivity index (χ0) is 19.7. The molecule has 0 radical (unpaired) electrons. The summed E-state index contributed by atoms with van der Waals surface area (Å²) in [6, 6.07) is 7.97. The van der Waals surface area contributed by atoms with Crippen molar-refractivity contribution >= 4 is 11.8 Å². The van der Waals surface area contributed by atoms with Crippen LogP contribution in [0.3, 0.4) is 0 Å². The molecule has 0 saturated heterocycles. The predicted octanol–water partition coefficient (Wildman–Crippen LogP) is 1.18. The van der Waals surface area contributed by atoms with Crippen LogP contribution < -0.4 is 16.4 Å². The SMILES string of the molecule is CC(C)CC(N)C(O)C(F)(F)CNC(=O)CC(=O)NCc1ccccc1. The van der Waals surface area contributed by atoms with Gasteiger partial charge in [0.15, 0.2) is 0 Å². The van der Waals surface area contributed by atoms with Crippen LogP contribution in [0.4, 0.5) is 8.78 Å². The van der Waals surface area contributed by atoms with Crippen molar-refractivity contribution in [1.29, 1.82) is 0 Å². The van der Waals surface area contributed by atoms with Crippen LogP contribution in [0, 0.1) is 5.92 Å². The zero-order valence-electron chi connectivity index (χ0n) is 15.0. The first-order valence-corrected chi connectivity index (χ1v) is 8.50. The Bertz CT molecular complexity index is 582. The first kappa shape index (κ1) is 22.0. The maximum absolute atomic E-state index is 13.9. The van der Waals surface area contributed by atoms with Gasteiger partial charge in [-0.15, -0.1) is 0 Å². The minimum Gasteiger partial charge on any atom is -0.385 e.